The molecular weight excluding hydrogens is 168 g/mol. The predicted octanol–water partition coefficient (Wildman–Crippen LogP) is 0.686. The van der Waals surface area contributed by atoms with Gasteiger partial charge in [0, 0.05) is 5.92 Å². The van der Waals surface area contributed by atoms with Gasteiger partial charge < -0.3 is 14.9 Å². The molecule has 2 bridgehead atoms. The van der Waals surface area contributed by atoms with Gasteiger partial charge in [0.15, 0.2) is 0 Å². The zero-order valence-corrected chi connectivity index (χ0v) is 8.45. The molecule has 3 rings (SSSR count). The SMILES string of the molecule is CC1(C)OC2(C)CCC1[C@@H](O)[C@@H]2O. The third kappa shape index (κ3) is 1.14. The van der Waals surface area contributed by atoms with Crippen molar-refractivity contribution in [1.82, 2.24) is 0 Å². The Morgan fingerprint density at radius 3 is 2.31 bits per heavy atom. The average Bonchev–Trinajstić information content (AvgIpc) is 1.97. The molecule has 0 aromatic heterocycles. The summed E-state index contributed by atoms with van der Waals surface area (Å²) in [6.07, 6.45) is 0.447. The van der Waals surface area contributed by atoms with Gasteiger partial charge in [-0.25, -0.2) is 0 Å². The van der Waals surface area contributed by atoms with E-state index in [1.165, 1.54) is 0 Å². The van der Waals surface area contributed by atoms with Crippen molar-refractivity contribution in [3.8, 4) is 0 Å². The first-order chi connectivity index (χ1) is 5.87. The van der Waals surface area contributed by atoms with Crippen LogP contribution in [0.3, 0.4) is 0 Å². The Hall–Kier alpha value is -0.120. The fraction of sp³-hybridized carbons (Fsp3) is 1.00. The fourth-order valence-corrected chi connectivity index (χ4v) is 2.89. The van der Waals surface area contributed by atoms with Gasteiger partial charge in [0.25, 0.3) is 0 Å². The van der Waals surface area contributed by atoms with Crippen molar-refractivity contribution in [2.75, 3.05) is 0 Å². The number of hydrogen-bond acceptors (Lipinski definition) is 3. The molecule has 13 heavy (non-hydrogen) atoms. The molecule has 2 aliphatic heterocycles. The van der Waals surface area contributed by atoms with E-state index < -0.39 is 17.8 Å². The van der Waals surface area contributed by atoms with Gasteiger partial charge in [0.2, 0.25) is 0 Å². The van der Waals surface area contributed by atoms with Crippen LogP contribution in [0.25, 0.3) is 0 Å². The molecule has 0 radical (unpaired) electrons. The van der Waals surface area contributed by atoms with Crippen LogP contribution in [0.1, 0.15) is 33.6 Å². The molecule has 0 aromatic rings. The van der Waals surface area contributed by atoms with Gasteiger partial charge in [-0.15, -0.1) is 0 Å². The van der Waals surface area contributed by atoms with E-state index in [0.717, 1.165) is 12.8 Å². The number of hydrogen-bond donors (Lipinski definition) is 2. The Bertz CT molecular complexity index is 226. The number of fused-ring (bicyclic) bond motifs is 3. The van der Waals surface area contributed by atoms with Crippen LogP contribution in [0.5, 0.6) is 0 Å². The summed E-state index contributed by atoms with van der Waals surface area (Å²) in [6.45, 7) is 5.87. The average molecular weight is 186 g/mol. The predicted molar refractivity (Wildman–Crippen MR) is 48.3 cm³/mol. The molecule has 0 aromatic carbocycles. The molecule has 2 heterocycles. The summed E-state index contributed by atoms with van der Waals surface area (Å²) >= 11 is 0. The van der Waals surface area contributed by atoms with Gasteiger partial charge >= 0.3 is 0 Å². The molecule has 3 nitrogen and oxygen atoms in total. The van der Waals surface area contributed by atoms with Crippen LogP contribution in [-0.2, 0) is 4.74 Å². The minimum absolute atomic E-state index is 0.0734. The van der Waals surface area contributed by atoms with Crippen molar-refractivity contribution in [3.63, 3.8) is 0 Å². The lowest BCUT2D eigenvalue weighted by atomic mass is 9.65. The molecular formula is C10H18O3. The molecule has 2 N–H and O–H groups in total. The zero-order chi connectivity index (χ0) is 9.85. The van der Waals surface area contributed by atoms with Crippen molar-refractivity contribution in [2.24, 2.45) is 5.92 Å². The van der Waals surface area contributed by atoms with E-state index >= 15 is 0 Å². The lowest BCUT2D eigenvalue weighted by molar-refractivity contribution is -0.309. The fourth-order valence-electron chi connectivity index (χ4n) is 2.89. The largest absolute Gasteiger partial charge is 0.390 e. The standard InChI is InChI=1S/C10H18O3/c1-9(2)6-4-5-10(3,13-9)8(12)7(6)11/h6-8,11-12H,4-5H2,1-3H3/t6?,7-,8+,10?/m1/s1. The Labute approximate surface area is 78.7 Å². The van der Waals surface area contributed by atoms with Crippen molar-refractivity contribution >= 4 is 0 Å². The van der Waals surface area contributed by atoms with E-state index in [0.29, 0.717) is 0 Å². The summed E-state index contributed by atoms with van der Waals surface area (Å²) in [6, 6.07) is 0. The normalized spacial score (nSPS) is 53.8. The van der Waals surface area contributed by atoms with Crippen LogP contribution >= 0.6 is 0 Å². The Kier molecular flexibility index (Phi) is 1.79. The lowest BCUT2D eigenvalue weighted by Crippen LogP contribution is -2.68. The maximum atomic E-state index is 9.84. The Morgan fingerprint density at radius 2 is 1.85 bits per heavy atom. The summed E-state index contributed by atoms with van der Waals surface area (Å²) in [7, 11) is 0. The van der Waals surface area contributed by atoms with Crippen molar-refractivity contribution in [3.05, 3.63) is 0 Å². The van der Waals surface area contributed by atoms with Crippen molar-refractivity contribution in [2.45, 2.75) is 57.0 Å². The van der Waals surface area contributed by atoms with Crippen LogP contribution in [-0.4, -0.2) is 33.6 Å². The molecule has 0 spiro atoms. The highest BCUT2D eigenvalue weighted by Gasteiger charge is 2.58. The molecule has 3 heteroatoms. The maximum absolute atomic E-state index is 9.84. The highest BCUT2D eigenvalue weighted by molar-refractivity contribution is 5.07. The summed E-state index contributed by atoms with van der Waals surface area (Å²) < 4.78 is 5.83. The molecule has 2 saturated heterocycles. The summed E-state index contributed by atoms with van der Waals surface area (Å²) in [4.78, 5) is 0. The molecule has 3 aliphatic rings. The molecule has 1 aliphatic carbocycles. The van der Waals surface area contributed by atoms with Crippen LogP contribution in [0.2, 0.25) is 0 Å². The van der Waals surface area contributed by atoms with Gasteiger partial charge in [0.1, 0.15) is 6.10 Å². The molecule has 4 atom stereocenters. The van der Waals surface area contributed by atoms with Crippen molar-refractivity contribution in [1.29, 1.82) is 0 Å². The quantitative estimate of drug-likeness (QED) is 0.585. The van der Waals surface area contributed by atoms with Gasteiger partial charge in [-0.2, -0.15) is 0 Å². The van der Waals surface area contributed by atoms with Gasteiger partial charge in [0.05, 0.1) is 17.3 Å². The summed E-state index contributed by atoms with van der Waals surface area (Å²) in [5.41, 5.74) is -0.844. The van der Waals surface area contributed by atoms with Gasteiger partial charge in [-0.1, -0.05) is 0 Å². The first-order valence-electron chi connectivity index (χ1n) is 4.93. The van der Waals surface area contributed by atoms with Gasteiger partial charge in [-0.3, -0.25) is 0 Å². The second kappa shape index (κ2) is 2.47. The molecule has 2 unspecified atom stereocenters. The van der Waals surface area contributed by atoms with Crippen LogP contribution < -0.4 is 0 Å². The molecule has 3 fully saturated rings. The monoisotopic (exact) mass is 186 g/mol. The number of ether oxygens (including phenoxy) is 1. The number of rotatable bonds is 0. The zero-order valence-electron chi connectivity index (χ0n) is 8.45. The van der Waals surface area contributed by atoms with E-state index in [4.69, 9.17) is 4.74 Å². The van der Waals surface area contributed by atoms with Crippen LogP contribution in [0, 0.1) is 5.92 Å². The lowest BCUT2D eigenvalue weighted by Gasteiger charge is -2.58. The first kappa shape index (κ1) is 9.44. The number of aliphatic hydroxyl groups excluding tert-OH is 2. The maximum Gasteiger partial charge on any atom is 0.109 e. The van der Waals surface area contributed by atoms with E-state index in [9.17, 15) is 10.2 Å². The van der Waals surface area contributed by atoms with E-state index in [1.807, 2.05) is 20.8 Å². The van der Waals surface area contributed by atoms with E-state index in [2.05, 4.69) is 0 Å². The van der Waals surface area contributed by atoms with Crippen LogP contribution in [0.4, 0.5) is 0 Å². The van der Waals surface area contributed by atoms with Crippen LogP contribution in [0.15, 0.2) is 0 Å². The van der Waals surface area contributed by atoms with Gasteiger partial charge in [-0.05, 0) is 33.6 Å². The first-order valence-corrected chi connectivity index (χ1v) is 4.93. The second-order valence-electron chi connectivity index (χ2n) is 5.10. The molecule has 76 valence electrons. The third-order valence-corrected chi connectivity index (χ3v) is 3.70. The minimum atomic E-state index is -0.723. The third-order valence-electron chi connectivity index (χ3n) is 3.70. The Balaban J connectivity index is 2.34. The highest BCUT2D eigenvalue weighted by atomic mass is 16.5. The van der Waals surface area contributed by atoms with E-state index in [1.54, 1.807) is 0 Å². The molecule has 1 saturated carbocycles. The summed E-state index contributed by atoms with van der Waals surface area (Å²) in [5, 5.41) is 19.6. The minimum Gasteiger partial charge on any atom is -0.390 e. The summed E-state index contributed by atoms with van der Waals surface area (Å²) in [5.74, 6) is 0.0734. The topological polar surface area (TPSA) is 49.7 Å². The van der Waals surface area contributed by atoms with Crippen molar-refractivity contribution < 1.29 is 14.9 Å². The smallest absolute Gasteiger partial charge is 0.109 e. The Morgan fingerprint density at radius 1 is 1.23 bits per heavy atom. The number of aliphatic hydroxyl groups is 2. The van der Waals surface area contributed by atoms with E-state index in [-0.39, 0.29) is 11.5 Å². The molecule has 0 amide bonds. The second-order valence-corrected chi connectivity index (χ2v) is 5.10. The highest BCUT2D eigenvalue weighted by Crippen LogP contribution is 2.49.